The van der Waals surface area contributed by atoms with E-state index in [1.165, 1.54) is 40.6 Å². The van der Waals surface area contributed by atoms with Gasteiger partial charge in [-0.25, -0.2) is 0 Å². The van der Waals surface area contributed by atoms with Crippen LogP contribution in [0.15, 0.2) is 54.6 Å². The van der Waals surface area contributed by atoms with Crippen LogP contribution in [0.3, 0.4) is 0 Å². The van der Waals surface area contributed by atoms with Gasteiger partial charge in [0.25, 0.3) is 0 Å². The van der Waals surface area contributed by atoms with Crippen LogP contribution in [-0.2, 0) is 23.2 Å². The number of nitrogens with zero attached hydrogens (tertiary/aromatic N) is 1. The van der Waals surface area contributed by atoms with Crippen molar-refractivity contribution in [3.05, 3.63) is 71.4 Å². The van der Waals surface area contributed by atoms with E-state index in [1.54, 1.807) is 0 Å². The number of aromatic amines is 1. The number of hydrogen-bond donors (Lipinski definition) is 1. The van der Waals surface area contributed by atoms with Crippen LogP contribution in [0.25, 0.3) is 10.9 Å². The Morgan fingerprint density at radius 2 is 1.79 bits per heavy atom. The molecule has 1 aromatic heterocycles. The minimum atomic E-state index is -0.212. The van der Waals surface area contributed by atoms with Crippen LogP contribution in [0.4, 0.5) is 0 Å². The zero-order valence-corrected chi connectivity index (χ0v) is 16.2. The highest BCUT2D eigenvalue weighted by atomic mass is 16.2. The predicted octanol–water partition coefficient (Wildman–Crippen LogP) is 4.81. The van der Waals surface area contributed by atoms with Crippen LogP contribution in [0.1, 0.15) is 42.5 Å². The molecule has 0 unspecified atom stereocenters. The largest absolute Gasteiger partial charge is 0.356 e. The smallest absolute Gasteiger partial charge is 0.226 e. The van der Waals surface area contributed by atoms with E-state index in [-0.39, 0.29) is 11.5 Å². The Morgan fingerprint density at radius 1 is 1.00 bits per heavy atom. The van der Waals surface area contributed by atoms with E-state index < -0.39 is 0 Å². The lowest BCUT2D eigenvalue weighted by molar-refractivity contribution is -0.134. The number of H-pyrrole nitrogens is 1. The van der Waals surface area contributed by atoms with Crippen molar-refractivity contribution in [3.8, 4) is 0 Å². The molecule has 2 aliphatic heterocycles. The second-order valence-corrected chi connectivity index (χ2v) is 8.85. The lowest BCUT2D eigenvalue weighted by Crippen LogP contribution is -2.52. The first-order valence-corrected chi connectivity index (χ1v) is 10.7. The SMILES string of the molecule is O=C1[C@@H]2CCCC[C@@H]2[C@]2(Cc3ccccc3)c3[nH]c4ccccc4c3CCN12. The Kier molecular flexibility index (Phi) is 3.50. The van der Waals surface area contributed by atoms with Crippen LogP contribution in [0.5, 0.6) is 0 Å². The molecule has 3 heterocycles. The molecule has 3 aromatic rings. The summed E-state index contributed by atoms with van der Waals surface area (Å²) in [4.78, 5) is 19.6. The fraction of sp³-hybridized carbons (Fsp3) is 0.400. The summed E-state index contributed by atoms with van der Waals surface area (Å²) in [6.07, 6.45) is 6.54. The molecule has 3 aliphatic rings. The zero-order valence-electron chi connectivity index (χ0n) is 16.2. The summed E-state index contributed by atoms with van der Waals surface area (Å²) < 4.78 is 0. The van der Waals surface area contributed by atoms with Crippen molar-refractivity contribution in [1.29, 1.82) is 0 Å². The first kappa shape index (κ1) is 16.4. The maximum atomic E-state index is 13.5. The molecule has 1 saturated carbocycles. The molecule has 6 rings (SSSR count). The monoisotopic (exact) mass is 370 g/mol. The summed E-state index contributed by atoms with van der Waals surface area (Å²) in [5, 5.41) is 1.34. The van der Waals surface area contributed by atoms with Crippen molar-refractivity contribution in [2.45, 2.75) is 44.1 Å². The number of carbonyl (C=O) groups excluding carboxylic acids is 1. The van der Waals surface area contributed by atoms with Crippen molar-refractivity contribution in [2.75, 3.05) is 6.54 Å². The maximum Gasteiger partial charge on any atom is 0.226 e. The van der Waals surface area contributed by atoms with E-state index in [2.05, 4.69) is 64.5 Å². The molecule has 1 N–H and O–H groups in total. The molecule has 0 bridgehead atoms. The number of para-hydroxylation sites is 1. The summed E-state index contributed by atoms with van der Waals surface area (Å²) in [7, 11) is 0. The van der Waals surface area contributed by atoms with Gasteiger partial charge in [-0.1, -0.05) is 61.4 Å². The highest BCUT2D eigenvalue weighted by molar-refractivity contribution is 5.89. The predicted molar refractivity (Wildman–Crippen MR) is 111 cm³/mol. The quantitative estimate of drug-likeness (QED) is 0.690. The van der Waals surface area contributed by atoms with Crippen LogP contribution >= 0.6 is 0 Å². The number of rotatable bonds is 2. The van der Waals surface area contributed by atoms with E-state index in [1.807, 2.05) is 0 Å². The molecule has 3 atom stereocenters. The van der Waals surface area contributed by atoms with Gasteiger partial charge >= 0.3 is 0 Å². The molecule has 142 valence electrons. The van der Waals surface area contributed by atoms with E-state index in [9.17, 15) is 4.79 Å². The molecule has 1 saturated heterocycles. The van der Waals surface area contributed by atoms with Gasteiger partial charge in [0.15, 0.2) is 0 Å². The van der Waals surface area contributed by atoms with Crippen LogP contribution in [0.2, 0.25) is 0 Å². The topological polar surface area (TPSA) is 36.1 Å². The van der Waals surface area contributed by atoms with Gasteiger partial charge in [-0.15, -0.1) is 0 Å². The van der Waals surface area contributed by atoms with Crippen molar-refractivity contribution in [2.24, 2.45) is 11.8 Å². The van der Waals surface area contributed by atoms with Gasteiger partial charge < -0.3 is 9.88 Å². The Morgan fingerprint density at radius 3 is 2.68 bits per heavy atom. The minimum absolute atomic E-state index is 0.204. The lowest BCUT2D eigenvalue weighted by atomic mass is 9.66. The van der Waals surface area contributed by atoms with Crippen molar-refractivity contribution < 1.29 is 4.79 Å². The Balaban J connectivity index is 1.61. The molecule has 3 nitrogen and oxygen atoms in total. The van der Waals surface area contributed by atoms with Gasteiger partial charge in [0, 0.05) is 35.5 Å². The van der Waals surface area contributed by atoms with Gasteiger partial charge in [-0.2, -0.15) is 0 Å². The average Bonchev–Trinajstić information content (AvgIpc) is 3.24. The summed E-state index contributed by atoms with van der Waals surface area (Å²) in [5.74, 6) is 1.03. The first-order valence-electron chi connectivity index (χ1n) is 10.7. The number of amides is 1. The van der Waals surface area contributed by atoms with Gasteiger partial charge in [0.2, 0.25) is 5.91 Å². The van der Waals surface area contributed by atoms with E-state index in [0.29, 0.717) is 11.8 Å². The van der Waals surface area contributed by atoms with E-state index >= 15 is 0 Å². The third kappa shape index (κ3) is 2.08. The zero-order chi connectivity index (χ0) is 18.7. The third-order valence-corrected chi connectivity index (χ3v) is 7.59. The average molecular weight is 370 g/mol. The second kappa shape index (κ2) is 5.97. The molecule has 28 heavy (non-hydrogen) atoms. The molecule has 2 aromatic carbocycles. The minimum Gasteiger partial charge on any atom is -0.356 e. The summed E-state index contributed by atoms with van der Waals surface area (Å²) >= 11 is 0. The Labute approximate surface area is 165 Å². The number of benzene rings is 2. The highest BCUT2D eigenvalue weighted by Gasteiger charge is 2.61. The van der Waals surface area contributed by atoms with Crippen molar-refractivity contribution in [1.82, 2.24) is 9.88 Å². The van der Waals surface area contributed by atoms with E-state index in [4.69, 9.17) is 0 Å². The highest BCUT2D eigenvalue weighted by Crippen LogP contribution is 2.57. The molecule has 0 radical (unpaired) electrons. The number of hydrogen-bond acceptors (Lipinski definition) is 1. The van der Waals surface area contributed by atoms with E-state index in [0.717, 1.165) is 32.2 Å². The molecule has 2 fully saturated rings. The second-order valence-electron chi connectivity index (χ2n) is 8.85. The Hall–Kier alpha value is -2.55. The molecule has 3 heteroatoms. The molecular formula is C25H26N2O. The van der Waals surface area contributed by atoms with Crippen LogP contribution < -0.4 is 0 Å². The molecular weight excluding hydrogens is 344 g/mol. The van der Waals surface area contributed by atoms with Crippen LogP contribution in [0, 0.1) is 11.8 Å². The van der Waals surface area contributed by atoms with Crippen molar-refractivity contribution >= 4 is 16.8 Å². The van der Waals surface area contributed by atoms with Gasteiger partial charge in [0.05, 0.1) is 5.54 Å². The normalized spacial score (nSPS) is 28.9. The number of nitrogens with one attached hydrogen (secondary N) is 1. The lowest BCUT2D eigenvalue weighted by Gasteiger charge is -2.46. The summed E-state index contributed by atoms with van der Waals surface area (Å²) in [6, 6.07) is 19.5. The maximum absolute atomic E-state index is 13.5. The first-order chi connectivity index (χ1) is 13.8. The van der Waals surface area contributed by atoms with Crippen LogP contribution in [-0.4, -0.2) is 22.3 Å². The number of fused-ring (bicyclic) bond motifs is 7. The fourth-order valence-corrected chi connectivity index (χ4v) is 6.50. The molecule has 0 spiro atoms. The fourth-order valence-electron chi connectivity index (χ4n) is 6.50. The third-order valence-electron chi connectivity index (χ3n) is 7.59. The van der Waals surface area contributed by atoms with Gasteiger partial charge in [-0.3, -0.25) is 4.79 Å². The number of aromatic nitrogens is 1. The molecule has 1 aliphatic carbocycles. The summed E-state index contributed by atoms with van der Waals surface area (Å²) in [5.41, 5.74) is 5.11. The van der Waals surface area contributed by atoms with Gasteiger partial charge in [0.1, 0.15) is 0 Å². The Bertz CT molecular complexity index is 1050. The molecule has 1 amide bonds. The summed E-state index contributed by atoms with van der Waals surface area (Å²) in [6.45, 7) is 0.855. The number of carbonyl (C=O) groups is 1. The van der Waals surface area contributed by atoms with Gasteiger partial charge in [-0.05, 0) is 42.4 Å². The van der Waals surface area contributed by atoms with Crippen molar-refractivity contribution in [3.63, 3.8) is 0 Å². The standard InChI is InChI=1S/C25H26N2O/c28-24-20-11-4-6-12-21(20)25(16-17-8-2-1-3-9-17)23-19(14-15-27(24)25)18-10-5-7-13-22(18)26-23/h1-3,5,7-10,13,20-21,26H,4,6,11-12,14-16H2/t20-,21+,25-/m1/s1.